The number of carbonyl (C=O) groups is 4. The van der Waals surface area contributed by atoms with Crippen molar-refractivity contribution in [3.63, 3.8) is 0 Å². The van der Waals surface area contributed by atoms with Gasteiger partial charge in [0.1, 0.15) is 23.5 Å². The largest absolute Gasteiger partial charge is 0.458 e. The molecule has 2 heterocycles. The van der Waals surface area contributed by atoms with Crippen molar-refractivity contribution >= 4 is 23.5 Å². The van der Waals surface area contributed by atoms with E-state index in [4.69, 9.17) is 9.47 Å². The van der Waals surface area contributed by atoms with Crippen LogP contribution < -0.4 is 0 Å². The highest BCUT2D eigenvalue weighted by atomic mass is 19.1. The molecular formula is C51H62F2O6. The van der Waals surface area contributed by atoms with E-state index in [2.05, 4.69) is 27.7 Å². The van der Waals surface area contributed by atoms with Gasteiger partial charge in [-0.15, -0.1) is 0 Å². The van der Waals surface area contributed by atoms with Crippen LogP contribution in [0.2, 0.25) is 0 Å². The lowest BCUT2D eigenvalue weighted by Gasteiger charge is -2.63. The van der Waals surface area contributed by atoms with Gasteiger partial charge < -0.3 is 9.47 Å². The summed E-state index contributed by atoms with van der Waals surface area (Å²) in [6, 6.07) is 0. The molecule has 15 aliphatic rings. The Morgan fingerprint density at radius 3 is 1.63 bits per heavy atom. The van der Waals surface area contributed by atoms with Crippen LogP contribution in [0.4, 0.5) is 8.78 Å². The van der Waals surface area contributed by atoms with E-state index in [-0.39, 0.29) is 68.1 Å². The summed E-state index contributed by atoms with van der Waals surface area (Å²) < 4.78 is 44.8. The van der Waals surface area contributed by atoms with Crippen LogP contribution in [0.25, 0.3) is 0 Å². The fourth-order valence-corrected chi connectivity index (χ4v) is 20.7. The van der Waals surface area contributed by atoms with Gasteiger partial charge >= 0.3 is 11.9 Å². The number of ether oxygens (including phenoxy) is 2. The van der Waals surface area contributed by atoms with Gasteiger partial charge in [-0.2, -0.15) is 0 Å². The maximum atomic E-state index is 16.4. The van der Waals surface area contributed by atoms with E-state index in [1.165, 1.54) is 43.3 Å². The van der Waals surface area contributed by atoms with Crippen molar-refractivity contribution < 1.29 is 37.4 Å². The molecule has 0 radical (unpaired) electrons. The monoisotopic (exact) mass is 808 g/mol. The van der Waals surface area contributed by atoms with E-state index in [0.29, 0.717) is 84.6 Å². The van der Waals surface area contributed by atoms with Gasteiger partial charge in [0.15, 0.2) is 11.6 Å². The zero-order chi connectivity index (χ0) is 40.4. The molecule has 0 aromatic rings. The Labute approximate surface area is 347 Å². The van der Waals surface area contributed by atoms with Gasteiger partial charge in [-0.25, -0.2) is 8.78 Å². The molecule has 11 saturated carbocycles. The minimum Gasteiger partial charge on any atom is -0.458 e. The van der Waals surface area contributed by atoms with Gasteiger partial charge in [0, 0.05) is 53.3 Å². The molecule has 2 aliphatic heterocycles. The van der Waals surface area contributed by atoms with Crippen LogP contribution in [-0.2, 0) is 28.7 Å². The van der Waals surface area contributed by atoms with Gasteiger partial charge in [0.05, 0.1) is 0 Å². The highest BCUT2D eigenvalue weighted by Crippen LogP contribution is 2.84. The Morgan fingerprint density at radius 2 is 1.08 bits per heavy atom. The third-order valence-electron chi connectivity index (χ3n) is 23.4. The number of hydrogen-bond donors (Lipinski definition) is 0. The molecule has 0 aromatic heterocycles. The Bertz CT molecular complexity index is 2150. The van der Waals surface area contributed by atoms with Crippen molar-refractivity contribution in [2.24, 2.45) is 104 Å². The van der Waals surface area contributed by atoms with Crippen molar-refractivity contribution in [3.05, 3.63) is 23.3 Å². The average molecular weight is 809 g/mol. The van der Waals surface area contributed by atoms with Gasteiger partial charge in [-0.05, 0) is 172 Å². The molecule has 0 aromatic carbocycles. The SMILES string of the molecule is C[C@@]12C(=CC(=O)C3C[C@@H]31)C1(CC1)CC1C2[C@@H](F)C[C@@]2(C)C1CC[C@@]21CCC(=O)O1.C[C@@]12C(=CC(=O)C3C[C@@H]31)C1(CC1)CC1C2[C@@H](F)C[C@@]2(C)C1[C@@H]1CC1[C@@]21CCC(=O)O1. The molecule has 20 atom stereocenters. The van der Waals surface area contributed by atoms with Crippen LogP contribution in [0.15, 0.2) is 23.3 Å². The number of alkyl halides is 2. The van der Waals surface area contributed by atoms with Crippen LogP contribution in [0.1, 0.15) is 137 Å². The fraction of sp³-hybridized carbons (Fsp3) is 0.843. The number of halogens is 2. The first-order valence-corrected chi connectivity index (χ1v) is 24.2. The molecule has 59 heavy (non-hydrogen) atoms. The molecule has 15 rings (SSSR count). The van der Waals surface area contributed by atoms with E-state index in [1.807, 2.05) is 12.2 Å². The highest BCUT2D eigenvalue weighted by molar-refractivity contribution is 5.97. The fourth-order valence-electron chi connectivity index (χ4n) is 20.7. The van der Waals surface area contributed by atoms with E-state index in [0.717, 1.165) is 51.4 Å². The summed E-state index contributed by atoms with van der Waals surface area (Å²) in [6.45, 7) is 9.18. The Morgan fingerprint density at radius 1 is 0.542 bits per heavy atom. The summed E-state index contributed by atoms with van der Waals surface area (Å²) in [5.41, 5.74) is 1.47. The number of carbonyl (C=O) groups excluding carboxylic acids is 4. The highest BCUT2D eigenvalue weighted by Gasteiger charge is 2.83. The summed E-state index contributed by atoms with van der Waals surface area (Å²) in [5.74, 6) is 4.37. The Hall–Kier alpha value is -2.38. The molecule has 13 fully saturated rings. The number of ketones is 2. The second kappa shape index (κ2) is 10.3. The summed E-state index contributed by atoms with van der Waals surface area (Å²) in [4.78, 5) is 49.6. The zero-order valence-corrected chi connectivity index (χ0v) is 35.5. The minimum absolute atomic E-state index is 0.0356. The average Bonchev–Trinajstić information content (AvgIpc) is 3.96. The lowest BCUT2D eigenvalue weighted by Crippen LogP contribution is -2.62. The molecule has 0 bridgehead atoms. The predicted octanol–water partition coefficient (Wildman–Crippen LogP) is 9.43. The van der Waals surface area contributed by atoms with Crippen molar-refractivity contribution in [2.45, 2.75) is 160 Å². The molecule has 8 heteroatoms. The first-order valence-electron chi connectivity index (χ1n) is 24.2. The minimum atomic E-state index is -0.866. The molecule has 9 unspecified atom stereocenters. The number of allylic oxidation sites excluding steroid dienone is 2. The maximum Gasteiger partial charge on any atom is 0.306 e. The molecular weight excluding hydrogens is 747 g/mol. The first-order chi connectivity index (χ1) is 28.0. The van der Waals surface area contributed by atoms with Crippen molar-refractivity contribution in [1.29, 1.82) is 0 Å². The van der Waals surface area contributed by atoms with E-state index in [9.17, 15) is 19.2 Å². The number of hydrogen-bond acceptors (Lipinski definition) is 6. The topological polar surface area (TPSA) is 86.7 Å². The van der Waals surface area contributed by atoms with E-state index >= 15 is 8.78 Å². The van der Waals surface area contributed by atoms with Gasteiger partial charge in [-0.3, -0.25) is 19.2 Å². The molecule has 0 amide bonds. The second-order valence-corrected chi connectivity index (χ2v) is 25.0. The number of esters is 2. The Balaban J connectivity index is 0.000000117. The van der Waals surface area contributed by atoms with Crippen molar-refractivity contribution in [3.8, 4) is 0 Å². The lowest BCUT2D eigenvalue weighted by atomic mass is 9.42. The molecule has 2 saturated heterocycles. The number of fused-ring (bicyclic) bond motifs is 21. The number of rotatable bonds is 0. The molecule has 13 aliphatic carbocycles. The molecule has 6 nitrogen and oxygen atoms in total. The third-order valence-corrected chi connectivity index (χ3v) is 23.4. The zero-order valence-electron chi connectivity index (χ0n) is 35.5. The standard InChI is InChI=1S/C26H31FO3.C25H31FO3/c1-23-11-17(27)22-14(21(23)13-8-16(13)26(23)4-3-20(29)30-26)10-25(5-6-25)19-9-18(28)12-7-15(12)24(19,22)2;1-22-12-17(26)21-14(15(22)3-5-25(22)6-4-20(28)29-25)11-24(7-8-24)19-10-18(27)13-9-16(13)23(19,21)2/h9,12-17,21-22H,3-8,10-11H2,1-2H3;10,13-17,21H,3-9,11-12H2,1-2H3/t12?,13-,14?,15+,16?,17+,21?,22?,23+,24+,26+;13?,14?,15?,16-,17-,21?,22-,23-,25+/m10/s1. The van der Waals surface area contributed by atoms with Crippen LogP contribution in [-0.4, -0.2) is 47.1 Å². The third kappa shape index (κ3) is 3.93. The summed E-state index contributed by atoms with van der Waals surface area (Å²) in [7, 11) is 0. The van der Waals surface area contributed by atoms with Crippen molar-refractivity contribution in [1.82, 2.24) is 0 Å². The predicted molar refractivity (Wildman–Crippen MR) is 211 cm³/mol. The maximum absolute atomic E-state index is 16.4. The van der Waals surface area contributed by atoms with Gasteiger partial charge in [-0.1, -0.05) is 38.8 Å². The van der Waals surface area contributed by atoms with Gasteiger partial charge in [0.2, 0.25) is 0 Å². The van der Waals surface area contributed by atoms with E-state index in [1.54, 1.807) is 0 Å². The molecule has 0 N–H and O–H groups in total. The normalized spacial score (nSPS) is 60.5. The van der Waals surface area contributed by atoms with Crippen LogP contribution in [0.5, 0.6) is 0 Å². The van der Waals surface area contributed by atoms with E-state index < -0.39 is 23.5 Å². The van der Waals surface area contributed by atoms with Gasteiger partial charge in [0.25, 0.3) is 0 Å². The summed E-state index contributed by atoms with van der Waals surface area (Å²) in [5, 5.41) is 0. The second-order valence-electron chi connectivity index (χ2n) is 25.0. The molecule has 4 spiro atoms. The van der Waals surface area contributed by atoms with Crippen LogP contribution >= 0.6 is 0 Å². The lowest BCUT2D eigenvalue weighted by molar-refractivity contribution is -0.191. The summed E-state index contributed by atoms with van der Waals surface area (Å²) in [6.07, 6.45) is 17.8. The van der Waals surface area contributed by atoms with Crippen LogP contribution in [0.3, 0.4) is 0 Å². The van der Waals surface area contributed by atoms with Crippen molar-refractivity contribution in [2.75, 3.05) is 0 Å². The first kappa shape index (κ1) is 36.1. The molecule has 316 valence electrons. The Kier molecular flexibility index (Phi) is 6.34. The quantitative estimate of drug-likeness (QED) is 0.227. The van der Waals surface area contributed by atoms with Crippen LogP contribution in [0, 0.1) is 104 Å². The smallest absolute Gasteiger partial charge is 0.306 e. The summed E-state index contributed by atoms with van der Waals surface area (Å²) >= 11 is 0.